The van der Waals surface area contributed by atoms with Crippen molar-refractivity contribution in [2.24, 2.45) is 5.73 Å². The van der Waals surface area contributed by atoms with Gasteiger partial charge in [0.2, 0.25) is 0 Å². The maximum atomic E-state index is 12.2. The summed E-state index contributed by atoms with van der Waals surface area (Å²) in [5.41, 5.74) is 6.34. The van der Waals surface area contributed by atoms with E-state index in [1.165, 1.54) is 4.90 Å². The number of amides is 3. The van der Waals surface area contributed by atoms with Gasteiger partial charge < -0.3 is 21.1 Å². The van der Waals surface area contributed by atoms with Crippen molar-refractivity contribution in [3.63, 3.8) is 0 Å². The summed E-state index contributed by atoms with van der Waals surface area (Å²) in [6, 6.07) is 6.24. The molecule has 0 aliphatic heterocycles. The predicted octanol–water partition coefficient (Wildman–Crippen LogP) is 0.475. The summed E-state index contributed by atoms with van der Waals surface area (Å²) in [5, 5.41) is 11.4. The number of aliphatic hydroxyl groups is 1. The summed E-state index contributed by atoms with van der Waals surface area (Å²) in [6.45, 7) is 4.44. The predicted molar refractivity (Wildman–Crippen MR) is 76.1 cm³/mol. The van der Waals surface area contributed by atoms with Crippen molar-refractivity contribution >= 4 is 11.9 Å². The molecule has 0 aromatic heterocycles. The van der Waals surface area contributed by atoms with Crippen LogP contribution in [0.3, 0.4) is 0 Å². The molecule has 4 N–H and O–H groups in total. The number of carbonyl (C=O) groups excluding carboxylic acids is 2. The van der Waals surface area contributed by atoms with Gasteiger partial charge in [0.25, 0.3) is 5.91 Å². The van der Waals surface area contributed by atoms with Gasteiger partial charge in [-0.2, -0.15) is 0 Å². The number of hydrogen-bond acceptors (Lipinski definition) is 3. The fourth-order valence-corrected chi connectivity index (χ4v) is 1.69. The lowest BCUT2D eigenvalue weighted by Crippen LogP contribution is -2.33. The van der Waals surface area contributed by atoms with Gasteiger partial charge in [0.05, 0.1) is 6.61 Å². The third-order valence-electron chi connectivity index (χ3n) is 2.67. The minimum Gasteiger partial charge on any atom is -0.395 e. The van der Waals surface area contributed by atoms with Crippen LogP contribution in [0, 0.1) is 0 Å². The Labute approximate surface area is 117 Å². The van der Waals surface area contributed by atoms with Gasteiger partial charge >= 0.3 is 6.03 Å². The highest BCUT2D eigenvalue weighted by Crippen LogP contribution is 2.08. The summed E-state index contributed by atoms with van der Waals surface area (Å²) in [5.74, 6) is -0.173. The molecule has 108 valence electrons. The summed E-state index contributed by atoms with van der Waals surface area (Å²) >= 11 is 0. The fraction of sp³-hybridized carbons (Fsp3) is 0.286. The van der Waals surface area contributed by atoms with E-state index in [0.717, 1.165) is 5.56 Å². The van der Waals surface area contributed by atoms with Crippen LogP contribution in [0.2, 0.25) is 0 Å². The summed E-state index contributed by atoms with van der Waals surface area (Å²) in [4.78, 5) is 24.3. The number of benzene rings is 1. The second-order valence-corrected chi connectivity index (χ2v) is 4.18. The topological polar surface area (TPSA) is 95.7 Å². The zero-order chi connectivity index (χ0) is 15.0. The Hall–Kier alpha value is -2.34. The van der Waals surface area contributed by atoms with Gasteiger partial charge in [-0.15, -0.1) is 6.58 Å². The van der Waals surface area contributed by atoms with Crippen LogP contribution in [0.1, 0.15) is 15.9 Å². The van der Waals surface area contributed by atoms with Crippen LogP contribution in [0.25, 0.3) is 0 Å². The van der Waals surface area contributed by atoms with Crippen LogP contribution in [-0.4, -0.2) is 41.6 Å². The Morgan fingerprint density at radius 1 is 1.35 bits per heavy atom. The molecule has 20 heavy (non-hydrogen) atoms. The quantitative estimate of drug-likeness (QED) is 0.632. The van der Waals surface area contributed by atoms with Crippen LogP contribution in [-0.2, 0) is 6.54 Å². The van der Waals surface area contributed by atoms with Gasteiger partial charge in [-0.1, -0.05) is 18.2 Å². The van der Waals surface area contributed by atoms with Crippen LogP contribution >= 0.6 is 0 Å². The highest BCUT2D eigenvalue weighted by atomic mass is 16.3. The minimum absolute atomic E-state index is 0.0970. The third-order valence-corrected chi connectivity index (χ3v) is 2.67. The average molecular weight is 277 g/mol. The van der Waals surface area contributed by atoms with Crippen LogP contribution in [0.5, 0.6) is 0 Å². The van der Waals surface area contributed by atoms with Crippen molar-refractivity contribution in [3.8, 4) is 0 Å². The van der Waals surface area contributed by atoms with Crippen molar-refractivity contribution in [2.45, 2.75) is 6.54 Å². The number of nitrogens with two attached hydrogens (primary N) is 1. The molecular weight excluding hydrogens is 258 g/mol. The van der Waals surface area contributed by atoms with E-state index in [9.17, 15) is 9.59 Å². The summed E-state index contributed by atoms with van der Waals surface area (Å²) in [7, 11) is 0. The second-order valence-electron chi connectivity index (χ2n) is 4.18. The van der Waals surface area contributed by atoms with E-state index in [1.807, 2.05) is 0 Å². The van der Waals surface area contributed by atoms with Crippen molar-refractivity contribution in [3.05, 3.63) is 48.0 Å². The molecule has 6 nitrogen and oxygen atoms in total. The molecule has 0 saturated heterocycles. The smallest absolute Gasteiger partial charge is 0.312 e. The Morgan fingerprint density at radius 2 is 2.00 bits per heavy atom. The first-order chi connectivity index (χ1) is 9.58. The van der Waals surface area contributed by atoms with E-state index in [2.05, 4.69) is 11.9 Å². The molecule has 0 atom stereocenters. The third kappa shape index (κ3) is 4.74. The van der Waals surface area contributed by atoms with Crippen LogP contribution in [0.4, 0.5) is 4.79 Å². The molecule has 0 fully saturated rings. The molecule has 1 rings (SSSR count). The Bertz CT molecular complexity index is 471. The van der Waals surface area contributed by atoms with E-state index in [1.54, 1.807) is 30.3 Å². The standard InChI is InChI=1S/C14H19N3O3/c1-2-7-17(8-9-18)13(19)12-5-3-11(4-6-12)10-16-14(15)20/h2-6,18H,1,7-10H2,(H3,15,16,20). The Balaban J connectivity index is 2.72. The zero-order valence-corrected chi connectivity index (χ0v) is 11.2. The number of nitrogens with zero attached hydrogens (tertiary/aromatic N) is 1. The van der Waals surface area contributed by atoms with Gasteiger partial charge in [0.1, 0.15) is 0 Å². The van der Waals surface area contributed by atoms with Gasteiger partial charge in [0.15, 0.2) is 0 Å². The van der Waals surface area contributed by atoms with E-state index < -0.39 is 6.03 Å². The molecule has 3 amide bonds. The van der Waals surface area contributed by atoms with Crippen molar-refractivity contribution in [1.82, 2.24) is 10.2 Å². The SMILES string of the molecule is C=CCN(CCO)C(=O)c1ccc(CNC(N)=O)cc1. The number of aliphatic hydroxyl groups excluding tert-OH is 1. The maximum absolute atomic E-state index is 12.2. The number of nitrogens with one attached hydrogen (secondary N) is 1. The molecule has 0 spiro atoms. The van der Waals surface area contributed by atoms with Crippen molar-refractivity contribution in [2.75, 3.05) is 19.7 Å². The number of hydrogen-bond donors (Lipinski definition) is 3. The molecule has 6 heteroatoms. The number of carbonyl (C=O) groups is 2. The second kappa shape index (κ2) is 7.96. The zero-order valence-electron chi connectivity index (χ0n) is 11.2. The van der Waals surface area contributed by atoms with Gasteiger partial charge in [-0.3, -0.25) is 4.79 Å². The fourth-order valence-electron chi connectivity index (χ4n) is 1.69. The Morgan fingerprint density at radius 3 is 2.50 bits per heavy atom. The number of primary amides is 1. The molecule has 0 heterocycles. The van der Waals surface area contributed by atoms with Crippen LogP contribution < -0.4 is 11.1 Å². The lowest BCUT2D eigenvalue weighted by Gasteiger charge is -2.20. The maximum Gasteiger partial charge on any atom is 0.312 e. The molecule has 1 aromatic rings. The molecule has 0 aliphatic rings. The van der Waals surface area contributed by atoms with Gasteiger partial charge in [0, 0.05) is 25.2 Å². The molecule has 0 saturated carbocycles. The highest BCUT2D eigenvalue weighted by Gasteiger charge is 2.13. The van der Waals surface area contributed by atoms with Crippen LogP contribution in [0.15, 0.2) is 36.9 Å². The summed E-state index contributed by atoms with van der Waals surface area (Å²) in [6.07, 6.45) is 1.61. The monoisotopic (exact) mass is 277 g/mol. The van der Waals surface area contributed by atoms with Crippen molar-refractivity contribution < 1.29 is 14.7 Å². The van der Waals surface area contributed by atoms with Crippen molar-refractivity contribution in [1.29, 1.82) is 0 Å². The molecule has 0 unspecified atom stereocenters. The first-order valence-electron chi connectivity index (χ1n) is 6.21. The average Bonchev–Trinajstić information content (AvgIpc) is 2.44. The lowest BCUT2D eigenvalue weighted by molar-refractivity contribution is 0.0743. The highest BCUT2D eigenvalue weighted by molar-refractivity contribution is 5.94. The van der Waals surface area contributed by atoms with E-state index in [0.29, 0.717) is 18.7 Å². The Kier molecular flexibility index (Phi) is 6.25. The molecule has 0 radical (unpaired) electrons. The van der Waals surface area contributed by atoms with E-state index >= 15 is 0 Å². The van der Waals surface area contributed by atoms with Gasteiger partial charge in [-0.25, -0.2) is 4.79 Å². The minimum atomic E-state index is -0.592. The summed E-state index contributed by atoms with van der Waals surface area (Å²) < 4.78 is 0. The van der Waals surface area contributed by atoms with E-state index in [-0.39, 0.29) is 19.1 Å². The lowest BCUT2D eigenvalue weighted by atomic mass is 10.1. The van der Waals surface area contributed by atoms with E-state index in [4.69, 9.17) is 10.8 Å². The first kappa shape index (κ1) is 15.7. The van der Waals surface area contributed by atoms with Gasteiger partial charge in [-0.05, 0) is 17.7 Å². The number of rotatable bonds is 7. The molecule has 1 aromatic carbocycles. The molecule has 0 bridgehead atoms. The number of urea groups is 1. The molecular formula is C14H19N3O3. The molecule has 0 aliphatic carbocycles. The first-order valence-corrected chi connectivity index (χ1v) is 6.21. The normalized spacial score (nSPS) is 9.85. The largest absolute Gasteiger partial charge is 0.395 e.